The van der Waals surface area contributed by atoms with Crippen LogP contribution in [0.5, 0.6) is 11.5 Å². The molecule has 3 nitrogen and oxygen atoms in total. The second-order valence-electron chi connectivity index (χ2n) is 4.10. The van der Waals surface area contributed by atoms with Crippen molar-refractivity contribution in [1.82, 2.24) is 0 Å². The third-order valence-electron chi connectivity index (χ3n) is 2.56. The van der Waals surface area contributed by atoms with E-state index in [4.69, 9.17) is 5.11 Å². The Morgan fingerprint density at radius 3 is 2.25 bits per heavy atom. The van der Waals surface area contributed by atoms with Crippen LogP contribution in [0.2, 0.25) is 0 Å². The molecule has 2 aromatic rings. The Hall–Kier alpha value is -2.69. The van der Waals surface area contributed by atoms with E-state index in [1.54, 1.807) is 0 Å². The average molecular weight is 276 g/mol. The van der Waals surface area contributed by atoms with Crippen molar-refractivity contribution in [3.05, 3.63) is 65.2 Å². The van der Waals surface area contributed by atoms with Crippen molar-refractivity contribution in [3.63, 3.8) is 0 Å². The van der Waals surface area contributed by atoms with Gasteiger partial charge in [-0.2, -0.15) is 0 Å². The van der Waals surface area contributed by atoms with Crippen LogP contribution >= 0.6 is 0 Å². The summed E-state index contributed by atoms with van der Waals surface area (Å²) in [6.07, 6.45) is 2.32. The van der Waals surface area contributed by atoms with Crippen LogP contribution in [-0.4, -0.2) is 16.0 Å². The number of hydrogen-bond donors (Lipinski definition) is 2. The van der Waals surface area contributed by atoms with Crippen LogP contribution < -0.4 is 0 Å². The first-order valence-electron chi connectivity index (χ1n) is 5.66. The Balaban J connectivity index is 2.24. The van der Waals surface area contributed by atoms with E-state index in [-0.39, 0.29) is 22.6 Å². The third kappa shape index (κ3) is 3.20. The lowest BCUT2D eigenvalue weighted by Gasteiger charge is -2.01. The molecule has 0 heterocycles. The van der Waals surface area contributed by atoms with Crippen LogP contribution in [0.4, 0.5) is 8.78 Å². The Labute approximate surface area is 113 Å². The molecule has 0 aliphatic rings. The molecule has 0 spiro atoms. The Morgan fingerprint density at radius 1 is 1.00 bits per heavy atom. The molecule has 0 aliphatic carbocycles. The average Bonchev–Trinajstić information content (AvgIpc) is 2.35. The van der Waals surface area contributed by atoms with Gasteiger partial charge in [0, 0.05) is 12.1 Å². The Morgan fingerprint density at radius 2 is 1.65 bits per heavy atom. The van der Waals surface area contributed by atoms with Gasteiger partial charge in [0.2, 0.25) is 0 Å². The number of aromatic hydroxyl groups is 2. The quantitative estimate of drug-likeness (QED) is 0.668. The highest BCUT2D eigenvalue weighted by Gasteiger charge is 2.08. The molecule has 0 bridgehead atoms. The normalized spacial score (nSPS) is 10.9. The van der Waals surface area contributed by atoms with Gasteiger partial charge < -0.3 is 10.2 Å². The van der Waals surface area contributed by atoms with Crippen molar-refractivity contribution in [3.8, 4) is 11.5 Å². The Bertz CT molecular complexity index is 673. The minimum absolute atomic E-state index is 0.0177. The third-order valence-corrected chi connectivity index (χ3v) is 2.56. The number of ketones is 1. The molecule has 2 aromatic carbocycles. The molecule has 0 atom stereocenters. The molecular weight excluding hydrogens is 266 g/mol. The maximum absolute atomic E-state index is 13.0. The topological polar surface area (TPSA) is 57.5 Å². The number of halogens is 2. The van der Waals surface area contributed by atoms with Crippen molar-refractivity contribution in [2.45, 2.75) is 0 Å². The van der Waals surface area contributed by atoms with Crippen LogP contribution in [0.15, 0.2) is 42.5 Å². The summed E-state index contributed by atoms with van der Waals surface area (Å²) in [5.74, 6) is -2.58. The fourth-order valence-corrected chi connectivity index (χ4v) is 1.66. The number of carbonyl (C=O) groups excluding carboxylic acids is 1. The second-order valence-corrected chi connectivity index (χ2v) is 4.10. The molecule has 0 amide bonds. The molecule has 0 saturated carbocycles. The Kier molecular flexibility index (Phi) is 3.79. The fraction of sp³-hybridized carbons (Fsp3) is 0. The fourth-order valence-electron chi connectivity index (χ4n) is 1.66. The minimum atomic E-state index is -0.746. The van der Waals surface area contributed by atoms with E-state index < -0.39 is 17.4 Å². The lowest BCUT2D eigenvalue weighted by atomic mass is 10.1. The number of allylic oxidation sites excluding steroid dienone is 1. The van der Waals surface area contributed by atoms with Gasteiger partial charge in [0.15, 0.2) is 5.78 Å². The number of benzene rings is 2. The van der Waals surface area contributed by atoms with Gasteiger partial charge in [0.25, 0.3) is 0 Å². The molecule has 0 saturated heterocycles. The SMILES string of the molecule is O=C(C=Cc1cc(F)cc(F)c1)c1ccc(O)cc1O. The van der Waals surface area contributed by atoms with Gasteiger partial charge >= 0.3 is 0 Å². The standard InChI is InChI=1S/C15H10F2O3/c16-10-5-9(6-11(17)7-10)1-4-14(19)13-3-2-12(18)8-15(13)20/h1-8,18,20H. The molecule has 2 rings (SSSR count). The van der Waals surface area contributed by atoms with Crippen molar-refractivity contribution in [2.75, 3.05) is 0 Å². The van der Waals surface area contributed by atoms with E-state index in [1.807, 2.05) is 0 Å². The number of rotatable bonds is 3. The highest BCUT2D eigenvalue weighted by Crippen LogP contribution is 2.23. The first kappa shape index (κ1) is 13.7. The number of phenolic OH excluding ortho intramolecular Hbond substituents is 2. The van der Waals surface area contributed by atoms with Gasteiger partial charge in [-0.05, 0) is 35.9 Å². The second kappa shape index (κ2) is 5.52. The monoisotopic (exact) mass is 276 g/mol. The molecule has 0 aromatic heterocycles. The highest BCUT2D eigenvalue weighted by atomic mass is 19.1. The summed E-state index contributed by atoms with van der Waals surface area (Å²) in [5, 5.41) is 18.6. The van der Waals surface area contributed by atoms with E-state index >= 15 is 0 Å². The van der Waals surface area contributed by atoms with Crippen LogP contribution in [0.25, 0.3) is 6.08 Å². The summed E-state index contributed by atoms with van der Waals surface area (Å²) in [6, 6.07) is 6.41. The van der Waals surface area contributed by atoms with Gasteiger partial charge in [-0.25, -0.2) is 8.78 Å². The summed E-state index contributed by atoms with van der Waals surface area (Å²) in [5.41, 5.74) is 0.171. The smallest absolute Gasteiger partial charge is 0.189 e. The van der Waals surface area contributed by atoms with E-state index in [0.29, 0.717) is 0 Å². The zero-order valence-electron chi connectivity index (χ0n) is 10.2. The molecule has 0 aliphatic heterocycles. The maximum Gasteiger partial charge on any atom is 0.189 e. The van der Waals surface area contributed by atoms with Crippen molar-refractivity contribution in [1.29, 1.82) is 0 Å². The van der Waals surface area contributed by atoms with Gasteiger partial charge in [-0.3, -0.25) is 4.79 Å². The lowest BCUT2D eigenvalue weighted by molar-refractivity contribution is 0.104. The van der Waals surface area contributed by atoms with Crippen LogP contribution in [0.1, 0.15) is 15.9 Å². The predicted octanol–water partition coefficient (Wildman–Crippen LogP) is 3.27. The van der Waals surface area contributed by atoms with Crippen molar-refractivity contribution in [2.24, 2.45) is 0 Å². The zero-order valence-corrected chi connectivity index (χ0v) is 10.2. The van der Waals surface area contributed by atoms with Crippen molar-refractivity contribution >= 4 is 11.9 Å². The first-order chi connectivity index (χ1) is 9.45. The maximum atomic E-state index is 13.0. The highest BCUT2D eigenvalue weighted by molar-refractivity contribution is 6.08. The summed E-state index contributed by atoms with van der Waals surface area (Å²) in [4.78, 5) is 11.8. The van der Waals surface area contributed by atoms with E-state index in [1.165, 1.54) is 18.2 Å². The number of carbonyl (C=O) groups is 1. The summed E-state index contributed by atoms with van der Waals surface area (Å²) >= 11 is 0. The van der Waals surface area contributed by atoms with E-state index in [0.717, 1.165) is 30.3 Å². The van der Waals surface area contributed by atoms with Gasteiger partial charge in [0.05, 0.1) is 5.56 Å². The molecule has 5 heteroatoms. The number of hydrogen-bond acceptors (Lipinski definition) is 3. The summed E-state index contributed by atoms with van der Waals surface area (Å²) in [7, 11) is 0. The van der Waals surface area contributed by atoms with Gasteiger partial charge in [0.1, 0.15) is 23.1 Å². The zero-order chi connectivity index (χ0) is 14.7. The molecule has 0 fully saturated rings. The van der Waals surface area contributed by atoms with Crippen LogP contribution in [-0.2, 0) is 0 Å². The molecule has 2 N–H and O–H groups in total. The molecular formula is C15H10F2O3. The molecule has 0 radical (unpaired) electrons. The lowest BCUT2D eigenvalue weighted by Crippen LogP contribution is -1.94. The van der Waals surface area contributed by atoms with Crippen molar-refractivity contribution < 1.29 is 23.8 Å². The minimum Gasteiger partial charge on any atom is -0.508 e. The van der Waals surface area contributed by atoms with Gasteiger partial charge in [-0.1, -0.05) is 6.08 Å². The molecule has 102 valence electrons. The number of phenols is 2. The van der Waals surface area contributed by atoms with Crippen LogP contribution in [0, 0.1) is 11.6 Å². The molecule has 20 heavy (non-hydrogen) atoms. The predicted molar refractivity (Wildman–Crippen MR) is 69.5 cm³/mol. The van der Waals surface area contributed by atoms with E-state index in [2.05, 4.69) is 0 Å². The van der Waals surface area contributed by atoms with E-state index in [9.17, 15) is 18.7 Å². The van der Waals surface area contributed by atoms with Gasteiger partial charge in [-0.15, -0.1) is 0 Å². The molecule has 0 unspecified atom stereocenters. The summed E-state index contributed by atoms with van der Waals surface area (Å²) in [6.45, 7) is 0. The first-order valence-corrected chi connectivity index (χ1v) is 5.66. The summed E-state index contributed by atoms with van der Waals surface area (Å²) < 4.78 is 25.9. The largest absolute Gasteiger partial charge is 0.508 e. The van der Waals surface area contributed by atoms with Crippen LogP contribution in [0.3, 0.4) is 0 Å².